The maximum atomic E-state index is 12.5. The number of hydrogen-bond acceptors (Lipinski definition) is 5. The molecule has 27 heavy (non-hydrogen) atoms. The van der Waals surface area contributed by atoms with Crippen LogP contribution in [0.25, 0.3) is 0 Å². The summed E-state index contributed by atoms with van der Waals surface area (Å²) >= 11 is 0. The molecule has 1 aliphatic heterocycles. The number of piperidine rings is 1. The minimum absolute atomic E-state index is 0.122. The first-order chi connectivity index (χ1) is 13.3. The van der Waals surface area contributed by atoms with E-state index in [1.165, 1.54) is 24.8 Å². The number of nitrogens with one attached hydrogen (secondary N) is 1. The molecule has 6 heteroatoms. The van der Waals surface area contributed by atoms with Gasteiger partial charge >= 0.3 is 0 Å². The average molecular weight is 368 g/mol. The van der Waals surface area contributed by atoms with Crippen LogP contribution in [0.5, 0.6) is 0 Å². The highest BCUT2D eigenvalue weighted by Crippen LogP contribution is 2.27. The zero-order valence-electron chi connectivity index (χ0n) is 15.8. The Labute approximate surface area is 160 Å². The lowest BCUT2D eigenvalue weighted by molar-refractivity contribution is 0.0890. The summed E-state index contributed by atoms with van der Waals surface area (Å²) in [6.07, 6.45) is 11.7. The lowest BCUT2D eigenvalue weighted by Gasteiger charge is -2.31. The van der Waals surface area contributed by atoms with Gasteiger partial charge in [0.05, 0.1) is 5.69 Å². The van der Waals surface area contributed by atoms with E-state index >= 15 is 0 Å². The van der Waals surface area contributed by atoms with Crippen LogP contribution in [0, 0.1) is 0 Å². The molecule has 4 rings (SSSR count). The molecule has 0 aromatic carbocycles. The van der Waals surface area contributed by atoms with Crippen LogP contribution in [-0.4, -0.2) is 40.1 Å². The van der Waals surface area contributed by atoms with Crippen molar-refractivity contribution in [3.63, 3.8) is 0 Å². The number of rotatable bonds is 5. The van der Waals surface area contributed by atoms with Crippen LogP contribution in [0.2, 0.25) is 0 Å². The lowest BCUT2D eigenvalue weighted by Crippen LogP contribution is -2.36. The quantitative estimate of drug-likeness (QED) is 0.874. The molecule has 2 aromatic heterocycles. The van der Waals surface area contributed by atoms with Crippen molar-refractivity contribution in [1.29, 1.82) is 0 Å². The van der Waals surface area contributed by atoms with E-state index in [0.29, 0.717) is 11.7 Å². The van der Waals surface area contributed by atoms with Gasteiger partial charge in [0.1, 0.15) is 0 Å². The van der Waals surface area contributed by atoms with Gasteiger partial charge in [-0.1, -0.05) is 30.5 Å². The predicted octanol–water partition coefficient (Wildman–Crippen LogP) is 3.51. The first-order valence-electron chi connectivity index (χ1n) is 10.2. The smallest absolute Gasteiger partial charge is 0.290 e. The van der Waals surface area contributed by atoms with Gasteiger partial charge in [-0.15, -0.1) is 0 Å². The fourth-order valence-electron chi connectivity index (χ4n) is 4.28. The number of pyridine rings is 1. The summed E-state index contributed by atoms with van der Waals surface area (Å²) in [5.74, 6) is 0.541. The Morgan fingerprint density at radius 1 is 1.22 bits per heavy atom. The van der Waals surface area contributed by atoms with Crippen LogP contribution in [-0.2, 0) is 6.54 Å². The van der Waals surface area contributed by atoms with Gasteiger partial charge in [0.2, 0.25) is 5.76 Å². The number of aromatic nitrogens is 2. The summed E-state index contributed by atoms with van der Waals surface area (Å²) in [5.41, 5.74) is 2.13. The lowest BCUT2D eigenvalue weighted by atomic mass is 9.94. The molecule has 1 saturated heterocycles. The van der Waals surface area contributed by atoms with Crippen molar-refractivity contribution >= 4 is 5.91 Å². The van der Waals surface area contributed by atoms with Crippen LogP contribution in [0.4, 0.5) is 0 Å². The summed E-state index contributed by atoms with van der Waals surface area (Å²) in [4.78, 5) is 19.1. The average Bonchev–Trinajstić information content (AvgIpc) is 3.20. The van der Waals surface area contributed by atoms with Gasteiger partial charge in [0, 0.05) is 43.5 Å². The zero-order chi connectivity index (χ0) is 18.5. The molecule has 1 N–H and O–H groups in total. The molecule has 144 valence electrons. The Morgan fingerprint density at radius 3 is 2.93 bits per heavy atom. The molecular formula is C21H28N4O2. The van der Waals surface area contributed by atoms with Crippen molar-refractivity contribution in [3.8, 4) is 0 Å². The monoisotopic (exact) mass is 368 g/mol. The predicted molar refractivity (Wildman–Crippen MR) is 102 cm³/mol. The third-order valence-corrected chi connectivity index (χ3v) is 5.75. The fraction of sp³-hybridized carbons (Fsp3) is 0.571. The van der Waals surface area contributed by atoms with Crippen molar-refractivity contribution in [1.82, 2.24) is 20.4 Å². The molecule has 2 aromatic rings. The minimum Gasteiger partial charge on any atom is -0.351 e. The van der Waals surface area contributed by atoms with Crippen molar-refractivity contribution in [3.05, 3.63) is 47.6 Å². The van der Waals surface area contributed by atoms with Crippen molar-refractivity contribution < 1.29 is 9.32 Å². The summed E-state index contributed by atoms with van der Waals surface area (Å²) < 4.78 is 5.38. The van der Waals surface area contributed by atoms with E-state index < -0.39 is 0 Å². The highest BCUT2D eigenvalue weighted by Gasteiger charge is 2.26. The second kappa shape index (κ2) is 8.65. The zero-order valence-corrected chi connectivity index (χ0v) is 15.8. The Kier molecular flexibility index (Phi) is 5.82. The number of carbonyl (C=O) groups is 1. The summed E-state index contributed by atoms with van der Waals surface area (Å²) in [6, 6.07) is 6.21. The van der Waals surface area contributed by atoms with E-state index in [-0.39, 0.29) is 11.9 Å². The number of nitrogens with zero attached hydrogens (tertiary/aromatic N) is 3. The highest BCUT2D eigenvalue weighted by molar-refractivity contribution is 5.91. The number of likely N-dealkylation sites (tertiary alicyclic amines) is 1. The minimum atomic E-state index is -0.122. The van der Waals surface area contributed by atoms with Gasteiger partial charge in [-0.3, -0.25) is 14.7 Å². The van der Waals surface area contributed by atoms with E-state index in [0.717, 1.165) is 51.0 Å². The van der Waals surface area contributed by atoms with Gasteiger partial charge in [-0.05, 0) is 43.9 Å². The van der Waals surface area contributed by atoms with Crippen molar-refractivity contribution in [2.45, 2.75) is 63.5 Å². The van der Waals surface area contributed by atoms with Gasteiger partial charge in [0.25, 0.3) is 5.91 Å². The molecule has 6 nitrogen and oxygen atoms in total. The molecule has 0 spiro atoms. The largest absolute Gasteiger partial charge is 0.351 e. The van der Waals surface area contributed by atoms with Crippen molar-refractivity contribution in [2.75, 3.05) is 13.1 Å². The molecule has 1 amide bonds. The molecule has 1 unspecified atom stereocenters. The summed E-state index contributed by atoms with van der Waals surface area (Å²) in [5, 5.41) is 7.32. The van der Waals surface area contributed by atoms with Gasteiger partial charge < -0.3 is 9.84 Å². The maximum absolute atomic E-state index is 12.5. The Morgan fingerprint density at radius 2 is 2.11 bits per heavy atom. The van der Waals surface area contributed by atoms with E-state index in [2.05, 4.69) is 26.4 Å². The standard InChI is InChI=1S/C21H28N4O2/c26-21(23-18-8-2-1-3-9-18)20-12-19(24-27-20)17-7-5-11-25(15-17)14-16-6-4-10-22-13-16/h4,6,10,12-13,17-18H,1-3,5,7-9,11,14-15H2,(H,23,26). The normalized spacial score (nSPS) is 21.9. The molecule has 1 saturated carbocycles. The van der Waals surface area contributed by atoms with Crippen LogP contribution in [0.3, 0.4) is 0 Å². The molecule has 0 radical (unpaired) electrons. The fourth-order valence-corrected chi connectivity index (χ4v) is 4.28. The molecule has 2 aliphatic rings. The third-order valence-electron chi connectivity index (χ3n) is 5.75. The molecule has 3 heterocycles. The SMILES string of the molecule is O=C(NC1CCCCC1)c1cc(C2CCCN(Cc3cccnc3)C2)no1. The Balaban J connectivity index is 1.35. The summed E-state index contributed by atoms with van der Waals surface area (Å²) in [7, 11) is 0. The van der Waals surface area contributed by atoms with Crippen LogP contribution in [0.1, 0.15) is 72.7 Å². The maximum Gasteiger partial charge on any atom is 0.290 e. The first-order valence-corrected chi connectivity index (χ1v) is 10.2. The van der Waals surface area contributed by atoms with E-state index in [1.54, 1.807) is 6.20 Å². The molecule has 1 atom stereocenters. The number of carbonyl (C=O) groups excluding carboxylic acids is 1. The second-order valence-corrected chi connectivity index (χ2v) is 7.86. The van der Waals surface area contributed by atoms with Gasteiger partial charge in [-0.2, -0.15) is 0 Å². The number of hydrogen-bond donors (Lipinski definition) is 1. The van der Waals surface area contributed by atoms with Gasteiger partial charge in [0.15, 0.2) is 0 Å². The van der Waals surface area contributed by atoms with Crippen molar-refractivity contribution in [2.24, 2.45) is 0 Å². The molecular weight excluding hydrogens is 340 g/mol. The van der Waals surface area contributed by atoms with Crippen LogP contribution < -0.4 is 5.32 Å². The molecule has 1 aliphatic carbocycles. The van der Waals surface area contributed by atoms with E-state index in [9.17, 15) is 4.79 Å². The van der Waals surface area contributed by atoms with Crippen LogP contribution >= 0.6 is 0 Å². The van der Waals surface area contributed by atoms with E-state index in [1.807, 2.05) is 18.3 Å². The summed E-state index contributed by atoms with van der Waals surface area (Å²) in [6.45, 7) is 2.92. The Hall–Kier alpha value is -2.21. The highest BCUT2D eigenvalue weighted by atomic mass is 16.5. The molecule has 0 bridgehead atoms. The first kappa shape index (κ1) is 18.2. The molecule has 2 fully saturated rings. The third kappa shape index (κ3) is 4.75. The van der Waals surface area contributed by atoms with Crippen LogP contribution in [0.15, 0.2) is 35.1 Å². The second-order valence-electron chi connectivity index (χ2n) is 7.86. The topological polar surface area (TPSA) is 71.3 Å². The van der Waals surface area contributed by atoms with Gasteiger partial charge in [-0.25, -0.2) is 0 Å². The Bertz CT molecular complexity index is 740. The van der Waals surface area contributed by atoms with E-state index in [4.69, 9.17) is 4.52 Å². The number of amides is 1.